The predicted octanol–water partition coefficient (Wildman–Crippen LogP) is -5.85. The molecule has 2 aliphatic heterocycles. The van der Waals surface area contributed by atoms with E-state index in [0.29, 0.717) is 0 Å². The van der Waals surface area contributed by atoms with Gasteiger partial charge in [-0.2, -0.15) is 0 Å². The first kappa shape index (κ1) is 28.2. The topological polar surface area (TPSA) is 268 Å². The summed E-state index contributed by atoms with van der Waals surface area (Å²) < 4.78 is 22.0. The summed E-state index contributed by atoms with van der Waals surface area (Å²) in [4.78, 5) is 10.9. The average molecular weight is 486 g/mol. The van der Waals surface area contributed by atoms with Crippen LogP contribution in [0.2, 0.25) is 0 Å². The van der Waals surface area contributed by atoms with Crippen molar-refractivity contribution < 1.29 is 64.6 Å². The molecule has 0 aromatic rings. The lowest BCUT2D eigenvalue weighted by Gasteiger charge is -2.46. The third kappa shape index (κ3) is 6.76. The van der Waals surface area contributed by atoms with Gasteiger partial charge >= 0.3 is 5.97 Å². The Morgan fingerprint density at radius 2 is 1.39 bits per heavy atom. The molecule has 2 heterocycles. The molecule has 1 unspecified atom stereocenters. The number of hydrogen-bond donors (Lipinski definition) is 10. The molecule has 0 aromatic heterocycles. The summed E-state index contributed by atoms with van der Waals surface area (Å²) in [5, 5.41) is 78.6. The zero-order chi connectivity index (χ0) is 24.9. The first-order valence-electron chi connectivity index (χ1n) is 10.5. The van der Waals surface area contributed by atoms with Crippen LogP contribution in [0.3, 0.4) is 0 Å². The number of aliphatic hydroxyl groups excluding tert-OH is 7. The highest BCUT2D eigenvalue weighted by Gasteiger charge is 2.51. The van der Waals surface area contributed by atoms with Gasteiger partial charge in [-0.15, -0.1) is 0 Å². The molecule has 2 aliphatic rings. The maximum Gasteiger partial charge on any atom is 0.320 e. The minimum Gasteiger partial charge on any atom is -0.480 e. The summed E-state index contributed by atoms with van der Waals surface area (Å²) in [6, 6.07) is -1.17. The van der Waals surface area contributed by atoms with E-state index in [9.17, 15) is 40.5 Å². The fourth-order valence-electron chi connectivity index (χ4n) is 3.57. The van der Waals surface area contributed by atoms with E-state index in [0.717, 1.165) is 0 Å². The van der Waals surface area contributed by atoms with Gasteiger partial charge in [0.05, 0.1) is 19.3 Å². The molecule has 12 atom stereocenters. The standard InChI is InChI=1S/C18H34N2O13/c19-3-6(1-2-7(20)16(28)29)30-18-15(13(26)11(24)9(5-22)32-18)33-17-14(27)12(25)10(23)8(4-21)31-17/h6-15,17-18,21-27H,1-5,19-20H2,(H,28,29)/t6?,7-,8+,9+,10+,11-,12-,13-,14+,15+,17-,18+/m0/s1. The highest BCUT2D eigenvalue weighted by Crippen LogP contribution is 2.30. The van der Waals surface area contributed by atoms with Gasteiger partial charge in [-0.25, -0.2) is 0 Å². The van der Waals surface area contributed by atoms with Crippen molar-refractivity contribution in [1.29, 1.82) is 0 Å². The summed E-state index contributed by atoms with van der Waals surface area (Å²) in [5.41, 5.74) is 11.2. The monoisotopic (exact) mass is 486 g/mol. The average Bonchev–Trinajstić information content (AvgIpc) is 2.80. The number of carboxylic acids is 1. The molecule has 0 bridgehead atoms. The molecule has 0 aromatic carbocycles. The molecule has 0 radical (unpaired) electrons. The summed E-state index contributed by atoms with van der Waals surface area (Å²) in [6.07, 6.45) is -16.6. The first-order chi connectivity index (χ1) is 15.5. The van der Waals surface area contributed by atoms with Crippen molar-refractivity contribution in [1.82, 2.24) is 0 Å². The summed E-state index contributed by atoms with van der Waals surface area (Å²) in [5.74, 6) is -1.22. The van der Waals surface area contributed by atoms with Gasteiger partial charge in [0, 0.05) is 6.54 Å². The molecule has 0 saturated carbocycles. The van der Waals surface area contributed by atoms with E-state index >= 15 is 0 Å². The molecule has 0 amide bonds. The van der Waals surface area contributed by atoms with E-state index in [2.05, 4.69) is 0 Å². The Hall–Kier alpha value is -1.05. The van der Waals surface area contributed by atoms with Gasteiger partial charge in [-0.05, 0) is 12.8 Å². The Kier molecular flexibility index (Phi) is 10.8. The van der Waals surface area contributed by atoms with Gasteiger partial charge in [0.1, 0.15) is 54.9 Å². The Bertz CT molecular complexity index is 614. The van der Waals surface area contributed by atoms with Gasteiger partial charge in [-0.1, -0.05) is 0 Å². The second-order valence-electron chi connectivity index (χ2n) is 8.02. The smallest absolute Gasteiger partial charge is 0.320 e. The van der Waals surface area contributed by atoms with Crippen molar-refractivity contribution in [3.63, 3.8) is 0 Å². The molecule has 2 saturated heterocycles. The number of aliphatic carboxylic acids is 1. The fourth-order valence-corrected chi connectivity index (χ4v) is 3.57. The minimum absolute atomic E-state index is 0.00321. The molecule has 2 rings (SSSR count). The number of carboxylic acid groups (broad SMARTS) is 1. The van der Waals surface area contributed by atoms with Crippen molar-refractivity contribution in [2.24, 2.45) is 11.5 Å². The highest BCUT2D eigenvalue weighted by molar-refractivity contribution is 5.72. The normalized spacial score (nSPS) is 41.5. The molecular weight excluding hydrogens is 452 g/mol. The molecule has 0 aliphatic carbocycles. The number of hydrogen-bond acceptors (Lipinski definition) is 14. The van der Waals surface area contributed by atoms with Crippen LogP contribution in [-0.4, -0.2) is 140 Å². The Balaban J connectivity index is 2.18. The van der Waals surface area contributed by atoms with Crippen molar-refractivity contribution in [3.05, 3.63) is 0 Å². The number of nitrogens with two attached hydrogens (primary N) is 2. The maximum atomic E-state index is 10.9. The molecule has 15 heteroatoms. The third-order valence-corrected chi connectivity index (χ3v) is 5.67. The van der Waals surface area contributed by atoms with Crippen LogP contribution < -0.4 is 11.5 Å². The summed E-state index contributed by atoms with van der Waals surface area (Å²) in [6.45, 7) is -1.52. The molecule has 2 fully saturated rings. The second kappa shape index (κ2) is 12.6. The maximum absolute atomic E-state index is 10.9. The predicted molar refractivity (Wildman–Crippen MR) is 105 cm³/mol. The number of carbonyl (C=O) groups is 1. The number of aliphatic hydroxyl groups is 7. The Morgan fingerprint density at radius 3 is 1.91 bits per heavy atom. The molecule has 15 nitrogen and oxygen atoms in total. The Morgan fingerprint density at radius 1 is 0.848 bits per heavy atom. The summed E-state index contributed by atoms with van der Waals surface area (Å²) >= 11 is 0. The molecule has 0 spiro atoms. The van der Waals surface area contributed by atoms with E-state index < -0.39 is 92.7 Å². The van der Waals surface area contributed by atoms with Crippen LogP contribution in [0, 0.1) is 0 Å². The van der Waals surface area contributed by atoms with E-state index in [1.54, 1.807) is 0 Å². The van der Waals surface area contributed by atoms with E-state index in [1.165, 1.54) is 0 Å². The lowest BCUT2D eigenvalue weighted by Crippen LogP contribution is -2.65. The van der Waals surface area contributed by atoms with Crippen LogP contribution in [-0.2, 0) is 23.7 Å². The number of ether oxygens (including phenoxy) is 4. The molecule has 194 valence electrons. The zero-order valence-corrected chi connectivity index (χ0v) is 17.7. The lowest BCUT2D eigenvalue weighted by molar-refractivity contribution is -0.371. The SMILES string of the molecule is NCC(CC[C@H](N)C(=O)O)O[C@@H]1O[C@H](CO)[C@H](O)[C@H](O)[C@H]1O[C@@H]1O[C@H](CO)[C@@H](O)[C@H](O)[C@H]1O. The third-order valence-electron chi connectivity index (χ3n) is 5.67. The first-order valence-corrected chi connectivity index (χ1v) is 10.5. The Labute approximate surface area is 189 Å². The van der Waals surface area contributed by atoms with Gasteiger partial charge in [0.15, 0.2) is 12.6 Å². The van der Waals surface area contributed by atoms with Crippen LogP contribution in [0.4, 0.5) is 0 Å². The van der Waals surface area contributed by atoms with Crippen molar-refractivity contribution in [3.8, 4) is 0 Å². The van der Waals surface area contributed by atoms with Crippen molar-refractivity contribution in [2.75, 3.05) is 19.8 Å². The quantitative estimate of drug-likeness (QED) is 0.130. The van der Waals surface area contributed by atoms with Gasteiger partial charge in [-0.3, -0.25) is 4.79 Å². The lowest BCUT2D eigenvalue weighted by atomic mass is 9.97. The molecule has 12 N–H and O–H groups in total. The van der Waals surface area contributed by atoms with Crippen molar-refractivity contribution in [2.45, 2.75) is 86.4 Å². The van der Waals surface area contributed by atoms with Crippen LogP contribution >= 0.6 is 0 Å². The van der Waals surface area contributed by atoms with Crippen LogP contribution in [0.5, 0.6) is 0 Å². The number of rotatable bonds is 11. The van der Waals surface area contributed by atoms with Crippen LogP contribution in [0.15, 0.2) is 0 Å². The van der Waals surface area contributed by atoms with Crippen LogP contribution in [0.25, 0.3) is 0 Å². The van der Waals surface area contributed by atoms with Gasteiger partial charge < -0.3 is 71.3 Å². The second-order valence-corrected chi connectivity index (χ2v) is 8.02. The van der Waals surface area contributed by atoms with Gasteiger partial charge in [0.25, 0.3) is 0 Å². The van der Waals surface area contributed by atoms with E-state index in [4.69, 9.17) is 35.5 Å². The van der Waals surface area contributed by atoms with E-state index in [1.807, 2.05) is 0 Å². The highest BCUT2D eigenvalue weighted by atomic mass is 16.8. The largest absolute Gasteiger partial charge is 0.480 e. The fraction of sp³-hybridized carbons (Fsp3) is 0.944. The van der Waals surface area contributed by atoms with Crippen LogP contribution in [0.1, 0.15) is 12.8 Å². The minimum atomic E-state index is -1.80. The van der Waals surface area contributed by atoms with Gasteiger partial charge in [0.2, 0.25) is 0 Å². The van der Waals surface area contributed by atoms with Crippen molar-refractivity contribution >= 4 is 5.97 Å². The molecular formula is C18H34N2O13. The molecule has 33 heavy (non-hydrogen) atoms. The zero-order valence-electron chi connectivity index (χ0n) is 17.7. The summed E-state index contributed by atoms with van der Waals surface area (Å²) in [7, 11) is 0. The van der Waals surface area contributed by atoms with E-state index in [-0.39, 0.29) is 19.4 Å².